The Morgan fingerprint density at radius 1 is 1.24 bits per heavy atom. The van der Waals surface area contributed by atoms with Crippen LogP contribution < -0.4 is 0 Å². The van der Waals surface area contributed by atoms with Crippen molar-refractivity contribution in [2.75, 3.05) is 0 Å². The lowest BCUT2D eigenvalue weighted by Gasteiger charge is -2.32. The highest BCUT2D eigenvalue weighted by atomic mass is 19.4. The van der Waals surface area contributed by atoms with Crippen LogP contribution in [0.25, 0.3) is 0 Å². The fraction of sp³-hybridized carbons (Fsp3) is 0.588. The Morgan fingerprint density at radius 3 is 2.48 bits per heavy atom. The lowest BCUT2D eigenvalue weighted by molar-refractivity contribution is -0.302. The van der Waals surface area contributed by atoms with Crippen molar-refractivity contribution in [1.82, 2.24) is 9.99 Å². The van der Waals surface area contributed by atoms with Crippen molar-refractivity contribution in [3.63, 3.8) is 0 Å². The highest BCUT2D eigenvalue weighted by molar-refractivity contribution is 6.03. The Kier molecular flexibility index (Phi) is 6.16. The number of aromatic nitrogens is 1. The number of carbonyl (C=O) groups excluding carboxylic acids is 1. The fourth-order valence-corrected chi connectivity index (χ4v) is 2.72. The molecule has 0 saturated heterocycles. The molecule has 1 aliphatic heterocycles. The maximum absolute atomic E-state index is 13.4. The van der Waals surface area contributed by atoms with Gasteiger partial charge in [0, 0.05) is 24.4 Å². The third-order valence-electron chi connectivity index (χ3n) is 4.18. The smallest absolute Gasteiger partial charge is 0.362 e. The number of hydrogen-bond acceptors (Lipinski definition) is 4. The quantitative estimate of drug-likeness (QED) is 0.758. The molecule has 1 aromatic rings. The molecule has 1 unspecified atom stereocenters. The van der Waals surface area contributed by atoms with Gasteiger partial charge < -0.3 is 5.11 Å². The summed E-state index contributed by atoms with van der Waals surface area (Å²) in [5.74, 6) is -0.819. The van der Waals surface area contributed by atoms with Gasteiger partial charge in [-0.1, -0.05) is 32.6 Å². The van der Waals surface area contributed by atoms with E-state index in [1.807, 2.05) is 6.92 Å². The Morgan fingerprint density at radius 2 is 1.88 bits per heavy atom. The number of rotatable bonds is 7. The second kappa shape index (κ2) is 7.95. The lowest BCUT2D eigenvalue weighted by Crippen LogP contribution is -2.56. The van der Waals surface area contributed by atoms with Crippen LogP contribution in [0, 0.1) is 0 Å². The molecule has 2 rings (SSSR count). The largest absolute Gasteiger partial charge is 0.438 e. The van der Waals surface area contributed by atoms with E-state index in [1.54, 1.807) is 0 Å². The van der Waals surface area contributed by atoms with Crippen LogP contribution in [0.2, 0.25) is 0 Å². The molecule has 1 amide bonds. The second-order valence-corrected chi connectivity index (χ2v) is 6.14. The summed E-state index contributed by atoms with van der Waals surface area (Å²) < 4.78 is 40.2. The summed E-state index contributed by atoms with van der Waals surface area (Å²) in [5, 5.41) is 14.2. The molecule has 25 heavy (non-hydrogen) atoms. The SMILES string of the molecule is CCCCCCCC(=O)N1N=C(c2ccncc2)CC1(O)C(F)(F)F. The average molecular weight is 357 g/mol. The Balaban J connectivity index is 2.15. The molecule has 1 aliphatic rings. The molecule has 0 aromatic carbocycles. The van der Waals surface area contributed by atoms with Crippen LogP contribution in [0.15, 0.2) is 29.6 Å². The minimum Gasteiger partial charge on any atom is -0.362 e. The number of alkyl halides is 3. The van der Waals surface area contributed by atoms with Crippen molar-refractivity contribution in [2.45, 2.75) is 63.8 Å². The van der Waals surface area contributed by atoms with Gasteiger partial charge in [0.2, 0.25) is 5.91 Å². The van der Waals surface area contributed by atoms with Gasteiger partial charge in [-0.05, 0) is 18.6 Å². The van der Waals surface area contributed by atoms with Crippen LogP contribution in [0.5, 0.6) is 0 Å². The number of unbranched alkanes of at least 4 members (excludes halogenated alkanes) is 4. The van der Waals surface area contributed by atoms with Crippen LogP contribution in [-0.2, 0) is 4.79 Å². The predicted octanol–water partition coefficient (Wildman–Crippen LogP) is 3.63. The topological polar surface area (TPSA) is 65.8 Å². The number of pyridine rings is 1. The molecule has 8 heteroatoms. The van der Waals surface area contributed by atoms with Gasteiger partial charge in [-0.3, -0.25) is 9.78 Å². The number of amides is 1. The van der Waals surface area contributed by atoms with Crippen LogP contribution in [0.1, 0.15) is 57.4 Å². The molecule has 5 nitrogen and oxygen atoms in total. The number of hydrogen-bond donors (Lipinski definition) is 1. The Bertz CT molecular complexity index is 619. The van der Waals surface area contributed by atoms with Gasteiger partial charge in [0.25, 0.3) is 5.72 Å². The number of hydrazone groups is 1. The summed E-state index contributed by atoms with van der Waals surface area (Å²) in [4.78, 5) is 16.1. The minimum atomic E-state index is -5.00. The maximum Gasteiger partial charge on any atom is 0.438 e. The van der Waals surface area contributed by atoms with Crippen molar-refractivity contribution in [3.8, 4) is 0 Å². The molecule has 0 bridgehead atoms. The Labute approximate surface area is 144 Å². The van der Waals surface area contributed by atoms with Gasteiger partial charge in [-0.15, -0.1) is 0 Å². The van der Waals surface area contributed by atoms with Crippen molar-refractivity contribution >= 4 is 11.6 Å². The molecule has 1 N–H and O–H groups in total. The zero-order chi connectivity index (χ0) is 18.5. The van der Waals surface area contributed by atoms with E-state index in [9.17, 15) is 23.1 Å². The van der Waals surface area contributed by atoms with Crippen LogP contribution in [-0.4, -0.2) is 38.6 Å². The van der Waals surface area contributed by atoms with E-state index in [-0.39, 0.29) is 17.1 Å². The molecule has 2 heterocycles. The van der Waals surface area contributed by atoms with Gasteiger partial charge in [0.1, 0.15) is 0 Å². The van der Waals surface area contributed by atoms with Crippen molar-refractivity contribution in [2.24, 2.45) is 5.10 Å². The number of carbonyl (C=O) groups is 1. The third-order valence-corrected chi connectivity index (χ3v) is 4.18. The molecular formula is C17H22F3N3O2. The fourth-order valence-electron chi connectivity index (χ4n) is 2.72. The molecule has 0 fully saturated rings. The highest BCUT2D eigenvalue weighted by Crippen LogP contribution is 2.41. The molecule has 0 radical (unpaired) electrons. The molecule has 138 valence electrons. The van der Waals surface area contributed by atoms with Gasteiger partial charge >= 0.3 is 6.18 Å². The van der Waals surface area contributed by atoms with Crippen molar-refractivity contribution < 1.29 is 23.1 Å². The molecule has 0 saturated carbocycles. The van der Waals surface area contributed by atoms with Crippen molar-refractivity contribution in [1.29, 1.82) is 0 Å². The monoisotopic (exact) mass is 357 g/mol. The Hall–Kier alpha value is -1.96. The van der Waals surface area contributed by atoms with E-state index < -0.39 is 24.2 Å². The first-order chi connectivity index (χ1) is 11.8. The summed E-state index contributed by atoms with van der Waals surface area (Å²) in [6.07, 6.45) is 1.20. The first kappa shape index (κ1) is 19.4. The summed E-state index contributed by atoms with van der Waals surface area (Å²) in [5.41, 5.74) is -2.89. The number of halogens is 3. The zero-order valence-electron chi connectivity index (χ0n) is 14.1. The third kappa shape index (κ3) is 4.36. The highest BCUT2D eigenvalue weighted by Gasteiger charge is 2.63. The molecule has 1 aromatic heterocycles. The second-order valence-electron chi connectivity index (χ2n) is 6.14. The van der Waals surface area contributed by atoms with Crippen LogP contribution in [0.4, 0.5) is 13.2 Å². The van der Waals surface area contributed by atoms with Crippen molar-refractivity contribution in [3.05, 3.63) is 30.1 Å². The van der Waals surface area contributed by atoms with E-state index in [0.29, 0.717) is 12.0 Å². The average Bonchev–Trinajstić information content (AvgIpc) is 2.94. The molecular weight excluding hydrogens is 335 g/mol. The van der Waals surface area contributed by atoms with E-state index in [1.165, 1.54) is 24.5 Å². The molecule has 0 aliphatic carbocycles. The number of nitrogens with zero attached hydrogens (tertiary/aromatic N) is 3. The molecule has 0 spiro atoms. The lowest BCUT2D eigenvalue weighted by atomic mass is 10.0. The van der Waals surface area contributed by atoms with Gasteiger partial charge in [-0.25, -0.2) is 0 Å². The first-order valence-corrected chi connectivity index (χ1v) is 8.39. The van der Waals surface area contributed by atoms with E-state index in [4.69, 9.17) is 0 Å². The minimum absolute atomic E-state index is 0.0153. The van der Waals surface area contributed by atoms with E-state index >= 15 is 0 Å². The summed E-state index contributed by atoms with van der Waals surface area (Å²) >= 11 is 0. The van der Waals surface area contributed by atoms with E-state index in [2.05, 4.69) is 10.1 Å². The van der Waals surface area contributed by atoms with Gasteiger partial charge in [0.15, 0.2) is 0 Å². The molecule has 1 atom stereocenters. The van der Waals surface area contributed by atoms with Crippen LogP contribution >= 0.6 is 0 Å². The van der Waals surface area contributed by atoms with E-state index in [0.717, 1.165) is 25.7 Å². The summed E-state index contributed by atoms with van der Waals surface area (Å²) in [6, 6.07) is 2.99. The summed E-state index contributed by atoms with van der Waals surface area (Å²) in [7, 11) is 0. The van der Waals surface area contributed by atoms with Gasteiger partial charge in [-0.2, -0.15) is 23.3 Å². The first-order valence-electron chi connectivity index (χ1n) is 8.39. The zero-order valence-corrected chi connectivity index (χ0v) is 14.1. The number of aliphatic hydroxyl groups is 1. The summed E-state index contributed by atoms with van der Waals surface area (Å²) in [6.45, 7) is 2.05. The van der Waals surface area contributed by atoms with Crippen LogP contribution in [0.3, 0.4) is 0 Å². The standard InChI is InChI=1S/C17H22F3N3O2/c1-2-3-4-5-6-7-15(24)23-16(25,17(18,19)20)12-14(22-23)13-8-10-21-11-9-13/h8-11,25H,2-7,12H2,1H3. The van der Waals surface area contributed by atoms with Gasteiger partial charge in [0.05, 0.1) is 12.1 Å². The normalized spacial score (nSPS) is 20.7. The maximum atomic E-state index is 13.4. The predicted molar refractivity (Wildman–Crippen MR) is 86.6 cm³/mol.